The number of para-hydroxylation sites is 1. The van der Waals surface area contributed by atoms with Crippen LogP contribution in [0.5, 0.6) is 5.75 Å². The standard InChI is InChI=1S/C21H29BrN2O4S/c1-15(2)29(26,27)12-7-5-6-10-17(25)13-16-9-8-11-18(21(16)28-4)20-19(22)14-24(3)23-20/h8-9,11,14-15H,5-7,10,12-13H2,1-4H3. The molecule has 0 radical (unpaired) electrons. The van der Waals surface area contributed by atoms with E-state index in [9.17, 15) is 13.2 Å². The Morgan fingerprint density at radius 1 is 1.24 bits per heavy atom. The molecular formula is C21H29BrN2O4S. The number of sulfone groups is 1. The second-order valence-electron chi connectivity index (χ2n) is 7.44. The number of carbonyl (C=O) groups excluding carboxylic acids is 1. The Morgan fingerprint density at radius 3 is 2.55 bits per heavy atom. The van der Waals surface area contributed by atoms with E-state index in [4.69, 9.17) is 4.74 Å². The number of rotatable bonds is 11. The number of unbranched alkanes of at least 4 members (excludes halogenated alkanes) is 2. The highest BCUT2D eigenvalue weighted by Crippen LogP contribution is 2.36. The number of methoxy groups -OCH3 is 1. The molecule has 0 saturated heterocycles. The number of Topliss-reactive ketones (excluding diaryl/α,β-unsaturated/α-hetero) is 1. The number of carbonyl (C=O) groups is 1. The summed E-state index contributed by atoms with van der Waals surface area (Å²) in [6.45, 7) is 3.40. The van der Waals surface area contributed by atoms with Gasteiger partial charge in [0.2, 0.25) is 0 Å². The summed E-state index contributed by atoms with van der Waals surface area (Å²) < 4.78 is 31.8. The van der Waals surface area contributed by atoms with Crippen molar-refractivity contribution in [3.05, 3.63) is 34.4 Å². The van der Waals surface area contributed by atoms with Gasteiger partial charge in [-0.3, -0.25) is 9.48 Å². The number of benzene rings is 1. The zero-order chi connectivity index (χ0) is 21.6. The second-order valence-corrected chi connectivity index (χ2v) is 11.0. The van der Waals surface area contributed by atoms with Crippen LogP contribution >= 0.6 is 15.9 Å². The van der Waals surface area contributed by atoms with E-state index in [2.05, 4.69) is 21.0 Å². The van der Waals surface area contributed by atoms with Crippen LogP contribution in [0, 0.1) is 0 Å². The van der Waals surface area contributed by atoms with E-state index in [1.165, 1.54) is 0 Å². The van der Waals surface area contributed by atoms with Gasteiger partial charge in [0.15, 0.2) is 9.84 Å². The first kappa shape index (κ1) is 23.6. The van der Waals surface area contributed by atoms with Gasteiger partial charge in [-0.25, -0.2) is 8.42 Å². The van der Waals surface area contributed by atoms with Gasteiger partial charge in [-0.2, -0.15) is 5.10 Å². The summed E-state index contributed by atoms with van der Waals surface area (Å²) in [4.78, 5) is 12.5. The van der Waals surface area contributed by atoms with Crippen molar-refractivity contribution in [2.45, 2.75) is 51.2 Å². The van der Waals surface area contributed by atoms with Gasteiger partial charge in [0.1, 0.15) is 17.2 Å². The van der Waals surface area contributed by atoms with Gasteiger partial charge in [-0.15, -0.1) is 0 Å². The van der Waals surface area contributed by atoms with Gasteiger partial charge in [-0.1, -0.05) is 18.6 Å². The van der Waals surface area contributed by atoms with Crippen molar-refractivity contribution >= 4 is 31.6 Å². The summed E-state index contributed by atoms with van der Waals surface area (Å²) in [6, 6.07) is 5.72. The molecule has 0 saturated carbocycles. The molecule has 0 aliphatic carbocycles. The van der Waals surface area contributed by atoms with E-state index < -0.39 is 9.84 Å². The molecule has 0 atom stereocenters. The van der Waals surface area contributed by atoms with E-state index in [-0.39, 0.29) is 23.2 Å². The summed E-state index contributed by atoms with van der Waals surface area (Å²) in [6.07, 6.45) is 4.61. The lowest BCUT2D eigenvalue weighted by atomic mass is 10.00. The van der Waals surface area contributed by atoms with Crippen molar-refractivity contribution in [2.24, 2.45) is 7.05 Å². The van der Waals surface area contributed by atoms with Crippen LogP contribution in [0.4, 0.5) is 0 Å². The average molecular weight is 485 g/mol. The highest BCUT2D eigenvalue weighted by Gasteiger charge is 2.18. The quantitative estimate of drug-likeness (QED) is 0.442. The highest BCUT2D eigenvalue weighted by molar-refractivity contribution is 9.10. The fourth-order valence-corrected chi connectivity index (χ4v) is 4.80. The van der Waals surface area contributed by atoms with Gasteiger partial charge in [0, 0.05) is 37.2 Å². The maximum absolute atomic E-state index is 12.5. The van der Waals surface area contributed by atoms with Crippen LogP contribution in [0.25, 0.3) is 11.3 Å². The van der Waals surface area contributed by atoms with Crippen molar-refractivity contribution in [2.75, 3.05) is 12.9 Å². The maximum Gasteiger partial charge on any atom is 0.152 e. The van der Waals surface area contributed by atoms with Crippen LogP contribution in [0.1, 0.15) is 45.1 Å². The number of aryl methyl sites for hydroxylation is 1. The molecule has 2 rings (SSSR count). The SMILES string of the molecule is COc1c(CC(=O)CCCCCS(=O)(=O)C(C)C)cccc1-c1nn(C)cc1Br. The third-order valence-corrected chi connectivity index (χ3v) is 7.70. The lowest BCUT2D eigenvalue weighted by Gasteiger charge is -2.12. The topological polar surface area (TPSA) is 78.3 Å². The molecule has 0 unspecified atom stereocenters. The predicted molar refractivity (Wildman–Crippen MR) is 119 cm³/mol. The molecule has 160 valence electrons. The zero-order valence-electron chi connectivity index (χ0n) is 17.4. The van der Waals surface area contributed by atoms with Crippen LogP contribution in [0.3, 0.4) is 0 Å². The predicted octanol–water partition coefficient (Wildman–Crippen LogP) is 4.35. The summed E-state index contributed by atoms with van der Waals surface area (Å²) in [5, 5.41) is 4.12. The largest absolute Gasteiger partial charge is 0.496 e. The molecule has 8 heteroatoms. The minimum absolute atomic E-state index is 0.118. The molecule has 1 aromatic heterocycles. The minimum atomic E-state index is -3.00. The van der Waals surface area contributed by atoms with Gasteiger partial charge in [0.05, 0.1) is 22.6 Å². The normalized spacial score (nSPS) is 11.8. The average Bonchev–Trinajstić information content (AvgIpc) is 2.99. The molecule has 2 aromatic rings. The first-order valence-corrected chi connectivity index (χ1v) is 12.2. The van der Waals surface area contributed by atoms with Crippen LogP contribution < -0.4 is 4.74 Å². The van der Waals surface area contributed by atoms with Crippen molar-refractivity contribution in [3.8, 4) is 17.0 Å². The van der Waals surface area contributed by atoms with Crippen LogP contribution in [0.2, 0.25) is 0 Å². The van der Waals surface area contributed by atoms with E-state index in [0.717, 1.165) is 27.7 Å². The van der Waals surface area contributed by atoms with Gasteiger partial charge in [-0.05, 0) is 48.7 Å². The summed E-state index contributed by atoms with van der Waals surface area (Å²) in [5.74, 6) is 0.962. The molecule has 0 amide bonds. The van der Waals surface area contributed by atoms with E-state index in [1.807, 2.05) is 31.4 Å². The van der Waals surface area contributed by atoms with Crippen LogP contribution in [-0.2, 0) is 28.1 Å². The van der Waals surface area contributed by atoms with Gasteiger partial charge < -0.3 is 4.74 Å². The third-order valence-electron chi connectivity index (χ3n) is 4.83. The molecule has 0 aliphatic heterocycles. The number of nitrogens with zero attached hydrogens (tertiary/aromatic N) is 2. The fraction of sp³-hybridized carbons (Fsp3) is 0.524. The summed E-state index contributed by atoms with van der Waals surface area (Å²) in [7, 11) is 0.441. The third kappa shape index (κ3) is 6.40. The van der Waals surface area contributed by atoms with E-state index >= 15 is 0 Å². The van der Waals surface area contributed by atoms with Crippen molar-refractivity contribution < 1.29 is 17.9 Å². The summed E-state index contributed by atoms with van der Waals surface area (Å²) in [5.41, 5.74) is 2.43. The Morgan fingerprint density at radius 2 is 1.97 bits per heavy atom. The highest BCUT2D eigenvalue weighted by atomic mass is 79.9. The lowest BCUT2D eigenvalue weighted by molar-refractivity contribution is -0.118. The second kappa shape index (κ2) is 10.4. The Hall–Kier alpha value is -1.67. The molecule has 0 N–H and O–H groups in total. The molecule has 0 spiro atoms. The number of hydrogen-bond acceptors (Lipinski definition) is 5. The molecule has 0 fully saturated rings. The molecule has 0 bridgehead atoms. The van der Waals surface area contributed by atoms with Gasteiger partial charge >= 0.3 is 0 Å². The Balaban J connectivity index is 1.97. The Labute approximate surface area is 181 Å². The fourth-order valence-electron chi connectivity index (χ4n) is 3.13. The molecule has 6 nitrogen and oxygen atoms in total. The van der Waals surface area contributed by atoms with Crippen LogP contribution in [-0.4, -0.2) is 42.1 Å². The number of ketones is 1. The van der Waals surface area contributed by atoms with E-state index in [0.29, 0.717) is 25.0 Å². The maximum atomic E-state index is 12.5. The molecule has 1 aromatic carbocycles. The number of halogens is 1. The Bertz CT molecular complexity index is 952. The lowest BCUT2D eigenvalue weighted by Crippen LogP contribution is -2.17. The van der Waals surface area contributed by atoms with Crippen LogP contribution in [0.15, 0.2) is 28.9 Å². The molecular weight excluding hydrogens is 456 g/mol. The van der Waals surface area contributed by atoms with Crippen molar-refractivity contribution in [3.63, 3.8) is 0 Å². The first-order valence-electron chi connectivity index (χ1n) is 9.74. The number of hydrogen-bond donors (Lipinski definition) is 0. The number of ether oxygens (including phenoxy) is 1. The summed E-state index contributed by atoms with van der Waals surface area (Å²) >= 11 is 3.52. The molecule has 0 aliphatic rings. The first-order chi connectivity index (χ1) is 13.7. The number of aromatic nitrogens is 2. The Kier molecular flexibility index (Phi) is 8.46. The molecule has 29 heavy (non-hydrogen) atoms. The minimum Gasteiger partial charge on any atom is -0.496 e. The molecule has 1 heterocycles. The van der Waals surface area contributed by atoms with E-state index in [1.54, 1.807) is 25.6 Å². The monoisotopic (exact) mass is 484 g/mol. The van der Waals surface area contributed by atoms with Crippen molar-refractivity contribution in [1.29, 1.82) is 0 Å². The smallest absolute Gasteiger partial charge is 0.152 e. The van der Waals surface area contributed by atoms with Crippen molar-refractivity contribution in [1.82, 2.24) is 9.78 Å². The van der Waals surface area contributed by atoms with Gasteiger partial charge in [0.25, 0.3) is 0 Å². The zero-order valence-corrected chi connectivity index (χ0v) is 19.8.